The fourth-order valence-corrected chi connectivity index (χ4v) is 6.47. The maximum Gasteiger partial charge on any atom is 0.240 e. The van der Waals surface area contributed by atoms with E-state index >= 15 is 0 Å². The summed E-state index contributed by atoms with van der Waals surface area (Å²) in [6, 6.07) is 15.1. The Bertz CT molecular complexity index is 1000. The van der Waals surface area contributed by atoms with Crippen molar-refractivity contribution >= 4 is 29.2 Å². The number of para-hydroxylation sites is 1. The normalized spacial score (nSPS) is 23.1. The van der Waals surface area contributed by atoms with Crippen LogP contribution in [0.2, 0.25) is 0 Å². The number of nitrogens with zero attached hydrogens (tertiary/aromatic N) is 3. The number of thioether (sulfide) groups is 1. The zero-order valence-electron chi connectivity index (χ0n) is 20.4. The molecular formula is C27H37N5OS. The second-order valence-corrected chi connectivity index (χ2v) is 10.9. The summed E-state index contributed by atoms with van der Waals surface area (Å²) in [5, 5.41) is 7.43. The molecule has 1 fully saturated rings. The van der Waals surface area contributed by atoms with Crippen molar-refractivity contribution in [3.8, 4) is 0 Å². The van der Waals surface area contributed by atoms with Gasteiger partial charge in [-0.05, 0) is 70.3 Å². The van der Waals surface area contributed by atoms with Crippen LogP contribution in [0, 0.1) is 5.41 Å². The van der Waals surface area contributed by atoms with Gasteiger partial charge in [0.05, 0.1) is 10.9 Å². The SMILES string of the molecule is C[C@@H]1CCC[C@H](C)N1CCCCCN1C(=O)C(Cc2cccc(C(=N)N)n2)Sc2ccccc21. The third-order valence-corrected chi connectivity index (χ3v) is 8.37. The maximum atomic E-state index is 13.5. The fourth-order valence-electron chi connectivity index (χ4n) is 5.23. The van der Waals surface area contributed by atoms with Crippen LogP contribution in [0.4, 0.5) is 5.69 Å². The molecule has 1 aromatic heterocycles. The Labute approximate surface area is 207 Å². The Hall–Kier alpha value is -2.38. The number of nitrogens with two attached hydrogens (primary N) is 1. The van der Waals surface area contributed by atoms with E-state index in [0.717, 1.165) is 42.2 Å². The van der Waals surface area contributed by atoms with Crippen molar-refractivity contribution in [1.29, 1.82) is 5.41 Å². The highest BCUT2D eigenvalue weighted by Gasteiger charge is 2.33. The third-order valence-electron chi connectivity index (χ3n) is 7.12. The average Bonchev–Trinajstić information content (AvgIpc) is 2.82. The summed E-state index contributed by atoms with van der Waals surface area (Å²) in [5.74, 6) is 0.0989. The number of benzene rings is 1. The monoisotopic (exact) mass is 479 g/mol. The molecule has 6 nitrogen and oxygen atoms in total. The quantitative estimate of drug-likeness (QED) is 0.305. The molecule has 0 bridgehead atoms. The molecule has 1 saturated heterocycles. The molecule has 4 rings (SSSR count). The topological polar surface area (TPSA) is 86.3 Å². The smallest absolute Gasteiger partial charge is 0.240 e. The zero-order valence-corrected chi connectivity index (χ0v) is 21.2. The van der Waals surface area contributed by atoms with Gasteiger partial charge in [0.15, 0.2) is 0 Å². The number of hydrogen-bond donors (Lipinski definition) is 2. The van der Waals surface area contributed by atoms with Crippen LogP contribution in [-0.4, -0.2) is 52.0 Å². The van der Waals surface area contributed by atoms with Crippen LogP contribution in [0.25, 0.3) is 0 Å². The number of rotatable bonds is 9. The third kappa shape index (κ3) is 5.81. The highest BCUT2D eigenvalue weighted by molar-refractivity contribution is 8.01. The first-order chi connectivity index (χ1) is 16.4. The number of piperidine rings is 1. The predicted molar refractivity (Wildman–Crippen MR) is 141 cm³/mol. The van der Waals surface area contributed by atoms with E-state index in [0.29, 0.717) is 24.2 Å². The van der Waals surface area contributed by atoms with Crippen LogP contribution in [-0.2, 0) is 11.2 Å². The van der Waals surface area contributed by atoms with E-state index in [-0.39, 0.29) is 17.0 Å². The predicted octanol–water partition coefficient (Wildman–Crippen LogP) is 4.85. The van der Waals surface area contributed by atoms with E-state index < -0.39 is 0 Å². The van der Waals surface area contributed by atoms with E-state index in [4.69, 9.17) is 11.1 Å². The molecule has 0 spiro atoms. The molecule has 3 heterocycles. The minimum Gasteiger partial charge on any atom is -0.382 e. The van der Waals surface area contributed by atoms with Crippen molar-refractivity contribution in [3.05, 3.63) is 53.9 Å². The summed E-state index contributed by atoms with van der Waals surface area (Å²) < 4.78 is 0. The molecule has 0 radical (unpaired) electrons. The van der Waals surface area contributed by atoms with Crippen molar-refractivity contribution in [3.63, 3.8) is 0 Å². The number of fused-ring (bicyclic) bond motifs is 1. The number of anilines is 1. The molecule has 1 amide bonds. The first-order valence-electron chi connectivity index (χ1n) is 12.6. The van der Waals surface area contributed by atoms with E-state index in [1.54, 1.807) is 17.8 Å². The minimum absolute atomic E-state index is 0.0511. The summed E-state index contributed by atoms with van der Waals surface area (Å²) in [5.41, 5.74) is 7.89. The Balaban J connectivity index is 1.37. The largest absolute Gasteiger partial charge is 0.382 e. The van der Waals surface area contributed by atoms with E-state index in [2.05, 4.69) is 35.9 Å². The van der Waals surface area contributed by atoms with Crippen LogP contribution in [0.1, 0.15) is 63.8 Å². The maximum absolute atomic E-state index is 13.5. The minimum atomic E-state index is -0.223. The van der Waals surface area contributed by atoms with Gasteiger partial charge in [0, 0.05) is 35.6 Å². The molecule has 0 saturated carbocycles. The van der Waals surface area contributed by atoms with Crippen molar-refractivity contribution in [2.24, 2.45) is 5.73 Å². The first kappa shape index (κ1) is 24.7. The summed E-state index contributed by atoms with van der Waals surface area (Å²) in [7, 11) is 0. The number of carbonyl (C=O) groups is 1. The van der Waals surface area contributed by atoms with Crippen LogP contribution in [0.5, 0.6) is 0 Å². The molecule has 34 heavy (non-hydrogen) atoms. The molecule has 1 aromatic carbocycles. The van der Waals surface area contributed by atoms with Gasteiger partial charge in [-0.2, -0.15) is 0 Å². The molecule has 7 heteroatoms. The van der Waals surface area contributed by atoms with Gasteiger partial charge in [-0.1, -0.05) is 31.0 Å². The fraction of sp³-hybridized carbons (Fsp3) is 0.519. The molecule has 1 unspecified atom stereocenters. The number of pyridine rings is 1. The Morgan fingerprint density at radius 3 is 2.56 bits per heavy atom. The number of unbranched alkanes of at least 4 members (excludes halogenated alkanes) is 2. The van der Waals surface area contributed by atoms with Crippen molar-refractivity contribution < 1.29 is 4.79 Å². The second kappa shape index (κ2) is 11.4. The van der Waals surface area contributed by atoms with Gasteiger partial charge in [0.1, 0.15) is 11.5 Å². The highest BCUT2D eigenvalue weighted by atomic mass is 32.2. The van der Waals surface area contributed by atoms with Crippen LogP contribution < -0.4 is 10.6 Å². The molecule has 2 aromatic rings. The molecule has 2 aliphatic heterocycles. The summed E-state index contributed by atoms with van der Waals surface area (Å²) in [6.45, 7) is 6.62. The van der Waals surface area contributed by atoms with E-state index in [1.165, 1.54) is 25.7 Å². The Kier molecular flexibility index (Phi) is 8.27. The lowest BCUT2D eigenvalue weighted by Gasteiger charge is -2.39. The van der Waals surface area contributed by atoms with Crippen LogP contribution in [0.15, 0.2) is 47.4 Å². The summed E-state index contributed by atoms with van der Waals surface area (Å²) in [6.07, 6.45) is 7.81. The molecule has 3 N–H and O–H groups in total. The Morgan fingerprint density at radius 1 is 1.06 bits per heavy atom. The van der Waals surface area contributed by atoms with E-state index in [9.17, 15) is 4.79 Å². The van der Waals surface area contributed by atoms with Crippen LogP contribution >= 0.6 is 11.8 Å². The summed E-state index contributed by atoms with van der Waals surface area (Å²) in [4.78, 5) is 23.8. The van der Waals surface area contributed by atoms with Gasteiger partial charge >= 0.3 is 0 Å². The number of nitrogen functional groups attached to an aromatic ring is 1. The number of amidine groups is 1. The van der Waals surface area contributed by atoms with Gasteiger partial charge in [-0.3, -0.25) is 15.1 Å². The number of aromatic nitrogens is 1. The lowest BCUT2D eigenvalue weighted by molar-refractivity contribution is -0.118. The molecule has 3 atom stereocenters. The second-order valence-electron chi connectivity index (χ2n) is 9.62. The van der Waals surface area contributed by atoms with Crippen molar-refractivity contribution in [2.45, 2.75) is 81.0 Å². The number of likely N-dealkylation sites (tertiary alicyclic amines) is 1. The number of nitrogens with one attached hydrogen (secondary N) is 1. The number of hydrogen-bond acceptors (Lipinski definition) is 5. The first-order valence-corrected chi connectivity index (χ1v) is 13.4. The van der Waals surface area contributed by atoms with Crippen molar-refractivity contribution in [1.82, 2.24) is 9.88 Å². The van der Waals surface area contributed by atoms with Gasteiger partial charge in [-0.25, -0.2) is 4.98 Å². The van der Waals surface area contributed by atoms with Gasteiger partial charge < -0.3 is 10.6 Å². The molecule has 0 aliphatic carbocycles. The van der Waals surface area contributed by atoms with Crippen LogP contribution in [0.3, 0.4) is 0 Å². The van der Waals surface area contributed by atoms with E-state index in [1.807, 2.05) is 29.2 Å². The Morgan fingerprint density at radius 2 is 1.79 bits per heavy atom. The molecule has 182 valence electrons. The zero-order chi connectivity index (χ0) is 24.1. The summed E-state index contributed by atoms with van der Waals surface area (Å²) >= 11 is 1.62. The van der Waals surface area contributed by atoms with Crippen molar-refractivity contribution in [2.75, 3.05) is 18.0 Å². The lowest BCUT2D eigenvalue weighted by Crippen LogP contribution is -2.44. The molecule has 2 aliphatic rings. The van der Waals surface area contributed by atoms with Gasteiger partial charge in [-0.15, -0.1) is 11.8 Å². The van der Waals surface area contributed by atoms with Gasteiger partial charge in [0.2, 0.25) is 5.91 Å². The lowest BCUT2D eigenvalue weighted by atomic mass is 9.97. The van der Waals surface area contributed by atoms with Gasteiger partial charge in [0.25, 0.3) is 0 Å². The number of carbonyl (C=O) groups excluding carboxylic acids is 1. The number of amides is 1. The standard InChI is InChI=1S/C27H37N5OS/c1-19-10-8-11-20(2)31(19)16-6-3-7-17-32-23-14-4-5-15-24(23)34-25(27(32)33)18-21-12-9-13-22(30-21)26(28)29/h4-5,9,12-15,19-20,25H,3,6-8,10-11,16-18H2,1-2H3,(H3,28,29)/t19-,20+,25?. The average molecular weight is 480 g/mol. The molecular weight excluding hydrogens is 442 g/mol. The highest BCUT2D eigenvalue weighted by Crippen LogP contribution is 2.40.